The highest BCUT2D eigenvalue weighted by Crippen LogP contribution is 2.49. The lowest BCUT2D eigenvalue weighted by Gasteiger charge is -2.39. The molecule has 1 aliphatic heterocycles. The number of carbonyl (C=O) groups excluding carboxylic acids is 2. The summed E-state index contributed by atoms with van der Waals surface area (Å²) in [6.45, 7) is 1.38. The van der Waals surface area contributed by atoms with Crippen LogP contribution in [0.15, 0.2) is 23.5 Å². The predicted octanol–water partition coefficient (Wildman–Crippen LogP) is 4.40. The van der Waals surface area contributed by atoms with Gasteiger partial charge in [-0.2, -0.15) is 0 Å². The molecule has 0 aromatic carbocycles. The molecule has 0 unspecified atom stereocenters. The van der Waals surface area contributed by atoms with E-state index in [0.29, 0.717) is 11.6 Å². The third-order valence-corrected chi connectivity index (χ3v) is 6.28. The molecule has 3 aliphatic rings. The second-order valence-electron chi connectivity index (χ2n) is 7.66. The van der Waals surface area contributed by atoms with E-state index in [9.17, 15) is 14.7 Å². The molecule has 2 heterocycles. The van der Waals surface area contributed by atoms with Crippen LogP contribution in [-0.2, 0) is 10.3 Å². The maximum absolute atomic E-state index is 12.8. The second kappa shape index (κ2) is 5.61. The molecule has 2 saturated carbocycles. The van der Waals surface area contributed by atoms with Crippen molar-refractivity contribution in [2.24, 2.45) is 0 Å². The highest BCUT2D eigenvalue weighted by Gasteiger charge is 2.49. The van der Waals surface area contributed by atoms with Crippen LogP contribution in [0.25, 0.3) is 0 Å². The Morgan fingerprint density at radius 1 is 1.12 bits per heavy atom. The van der Waals surface area contributed by atoms with Crippen LogP contribution in [0.5, 0.6) is 0 Å². The van der Waals surface area contributed by atoms with Crippen molar-refractivity contribution < 1.29 is 14.7 Å². The number of fused-ring (bicyclic) bond motifs is 2. The third-order valence-electron chi connectivity index (χ3n) is 6.28. The molecule has 4 heteroatoms. The van der Waals surface area contributed by atoms with E-state index in [1.54, 1.807) is 0 Å². The smallest absolute Gasteiger partial charge is 0.216 e. The highest BCUT2D eigenvalue weighted by atomic mass is 16.3. The molecule has 1 aromatic rings. The number of carbonyl (C=O) groups is 2. The maximum Gasteiger partial charge on any atom is 0.216 e. The zero-order valence-electron chi connectivity index (χ0n) is 14.3. The van der Waals surface area contributed by atoms with Crippen LogP contribution in [0, 0.1) is 0 Å². The van der Waals surface area contributed by atoms with Gasteiger partial charge >= 0.3 is 0 Å². The average Bonchev–Trinajstić information content (AvgIpc) is 3.22. The molecule has 1 aromatic heterocycles. The zero-order valence-corrected chi connectivity index (χ0v) is 14.3. The van der Waals surface area contributed by atoms with Gasteiger partial charge in [0.05, 0.1) is 5.69 Å². The SMILES string of the molecule is CC(=O)C1=C(O)C2(CCCC2)n2c(ccc2C2CCCCC2)C1=O. The van der Waals surface area contributed by atoms with Crippen LogP contribution in [-0.4, -0.2) is 21.2 Å². The Morgan fingerprint density at radius 2 is 1.79 bits per heavy atom. The summed E-state index contributed by atoms with van der Waals surface area (Å²) in [4.78, 5) is 24.9. The number of allylic oxidation sites excluding steroid dienone is 2. The van der Waals surface area contributed by atoms with Crippen LogP contribution >= 0.6 is 0 Å². The summed E-state index contributed by atoms with van der Waals surface area (Å²) in [6, 6.07) is 3.95. The van der Waals surface area contributed by atoms with E-state index in [0.717, 1.165) is 38.5 Å². The molecular weight excluding hydrogens is 302 g/mol. The van der Waals surface area contributed by atoms with Crippen molar-refractivity contribution in [2.45, 2.75) is 76.2 Å². The lowest BCUT2D eigenvalue weighted by Crippen LogP contribution is -2.43. The van der Waals surface area contributed by atoms with Crippen molar-refractivity contribution in [1.82, 2.24) is 4.57 Å². The first kappa shape index (κ1) is 15.7. The average molecular weight is 327 g/mol. The third kappa shape index (κ3) is 2.04. The molecule has 0 radical (unpaired) electrons. The van der Waals surface area contributed by atoms with Crippen molar-refractivity contribution in [3.05, 3.63) is 34.9 Å². The number of hydrogen-bond donors (Lipinski definition) is 1. The monoisotopic (exact) mass is 327 g/mol. The van der Waals surface area contributed by atoms with Crippen molar-refractivity contribution >= 4 is 11.6 Å². The first-order chi connectivity index (χ1) is 11.6. The molecule has 2 aliphatic carbocycles. The largest absolute Gasteiger partial charge is 0.509 e. The summed E-state index contributed by atoms with van der Waals surface area (Å²) < 4.78 is 2.13. The van der Waals surface area contributed by atoms with Gasteiger partial charge in [0, 0.05) is 5.69 Å². The summed E-state index contributed by atoms with van der Waals surface area (Å²) in [6.07, 6.45) is 9.70. The van der Waals surface area contributed by atoms with Gasteiger partial charge in [-0.1, -0.05) is 32.1 Å². The minimum absolute atomic E-state index is 0.0118. The normalized spacial score (nSPS) is 23.8. The molecular formula is C20H25NO3. The van der Waals surface area contributed by atoms with E-state index < -0.39 is 5.54 Å². The van der Waals surface area contributed by atoms with Gasteiger partial charge in [0.2, 0.25) is 5.78 Å². The van der Waals surface area contributed by atoms with Gasteiger partial charge in [0.15, 0.2) is 5.78 Å². The van der Waals surface area contributed by atoms with E-state index in [4.69, 9.17) is 0 Å². The van der Waals surface area contributed by atoms with Crippen molar-refractivity contribution in [3.8, 4) is 0 Å². The first-order valence-corrected chi connectivity index (χ1v) is 9.28. The molecule has 0 saturated heterocycles. The molecule has 128 valence electrons. The fourth-order valence-electron chi connectivity index (χ4n) is 5.15. The molecule has 1 N–H and O–H groups in total. The van der Waals surface area contributed by atoms with E-state index in [1.807, 2.05) is 6.07 Å². The minimum Gasteiger partial charge on any atom is -0.509 e. The Hall–Kier alpha value is -1.84. The zero-order chi connectivity index (χ0) is 16.9. The Morgan fingerprint density at radius 3 is 2.42 bits per heavy atom. The number of aliphatic hydroxyl groups is 1. The Bertz CT molecular complexity index is 728. The number of aromatic nitrogens is 1. The molecule has 0 bridgehead atoms. The van der Waals surface area contributed by atoms with E-state index >= 15 is 0 Å². The van der Waals surface area contributed by atoms with Crippen molar-refractivity contribution in [2.75, 3.05) is 0 Å². The Balaban J connectivity index is 1.91. The number of rotatable bonds is 2. The van der Waals surface area contributed by atoms with Gasteiger partial charge in [0.25, 0.3) is 0 Å². The van der Waals surface area contributed by atoms with Gasteiger partial charge in [-0.3, -0.25) is 9.59 Å². The van der Waals surface area contributed by atoms with Gasteiger partial charge in [-0.15, -0.1) is 0 Å². The van der Waals surface area contributed by atoms with Gasteiger partial charge in [0.1, 0.15) is 16.9 Å². The van der Waals surface area contributed by atoms with Gasteiger partial charge in [-0.25, -0.2) is 0 Å². The quantitative estimate of drug-likeness (QED) is 0.819. The minimum atomic E-state index is -0.569. The van der Waals surface area contributed by atoms with E-state index in [2.05, 4.69) is 10.6 Å². The lowest BCUT2D eigenvalue weighted by molar-refractivity contribution is -0.113. The van der Waals surface area contributed by atoms with E-state index in [1.165, 1.54) is 31.9 Å². The maximum atomic E-state index is 12.8. The number of nitrogens with zero attached hydrogens (tertiary/aromatic N) is 1. The van der Waals surface area contributed by atoms with Crippen LogP contribution in [0.2, 0.25) is 0 Å². The second-order valence-corrected chi connectivity index (χ2v) is 7.66. The number of aliphatic hydroxyl groups excluding tert-OH is 1. The highest BCUT2D eigenvalue weighted by molar-refractivity contribution is 6.26. The van der Waals surface area contributed by atoms with Crippen LogP contribution < -0.4 is 0 Å². The lowest BCUT2D eigenvalue weighted by atomic mass is 9.82. The fraction of sp³-hybridized carbons (Fsp3) is 0.600. The topological polar surface area (TPSA) is 59.3 Å². The number of hydrogen-bond acceptors (Lipinski definition) is 3. The number of ketones is 2. The molecule has 0 amide bonds. The first-order valence-electron chi connectivity index (χ1n) is 9.28. The molecule has 0 atom stereocenters. The molecule has 4 nitrogen and oxygen atoms in total. The van der Waals surface area contributed by atoms with Gasteiger partial charge < -0.3 is 9.67 Å². The summed E-state index contributed by atoms with van der Waals surface area (Å²) in [7, 11) is 0. The van der Waals surface area contributed by atoms with E-state index in [-0.39, 0.29) is 22.9 Å². The summed E-state index contributed by atoms with van der Waals surface area (Å²) in [5.41, 5.74) is 1.23. The summed E-state index contributed by atoms with van der Waals surface area (Å²) in [5.74, 6) is -0.141. The van der Waals surface area contributed by atoms with Crippen LogP contribution in [0.1, 0.15) is 86.8 Å². The summed E-state index contributed by atoms with van der Waals surface area (Å²) >= 11 is 0. The molecule has 1 spiro atoms. The molecule has 24 heavy (non-hydrogen) atoms. The van der Waals surface area contributed by atoms with Crippen LogP contribution in [0.3, 0.4) is 0 Å². The van der Waals surface area contributed by atoms with Crippen LogP contribution in [0.4, 0.5) is 0 Å². The predicted molar refractivity (Wildman–Crippen MR) is 91.4 cm³/mol. The summed E-state index contributed by atoms with van der Waals surface area (Å²) in [5, 5.41) is 11.0. The molecule has 4 rings (SSSR count). The fourth-order valence-corrected chi connectivity index (χ4v) is 5.15. The van der Waals surface area contributed by atoms with Crippen molar-refractivity contribution in [1.29, 1.82) is 0 Å². The molecule has 2 fully saturated rings. The Kier molecular flexibility index (Phi) is 3.66. The number of Topliss-reactive ketones (excluding diaryl/α,β-unsaturated/α-hetero) is 2. The standard InChI is InChI=1S/C20H25NO3/c1-13(22)17-18(23)16-10-9-15(14-7-3-2-4-8-14)21(16)20(19(17)24)11-5-6-12-20/h9-10,14,24H,2-8,11-12H2,1H3. The Labute approximate surface area is 142 Å². The van der Waals surface area contributed by atoms with Gasteiger partial charge in [-0.05, 0) is 50.7 Å². The van der Waals surface area contributed by atoms with Crippen molar-refractivity contribution in [3.63, 3.8) is 0 Å².